The van der Waals surface area contributed by atoms with Gasteiger partial charge < -0.3 is 16.4 Å². The first-order chi connectivity index (χ1) is 21.0. The van der Waals surface area contributed by atoms with Crippen molar-refractivity contribution in [1.82, 2.24) is 15.4 Å². The van der Waals surface area contributed by atoms with Gasteiger partial charge in [-0.15, -0.1) is 0 Å². The number of hydrogen-bond acceptors (Lipinski definition) is 5. The van der Waals surface area contributed by atoms with Crippen LogP contribution in [0, 0.1) is 17.2 Å². The highest BCUT2D eigenvalue weighted by atomic mass is 32.2. The number of amides is 2. The fourth-order valence-corrected chi connectivity index (χ4v) is 8.50. The fourth-order valence-electron chi connectivity index (χ4n) is 6.68. The van der Waals surface area contributed by atoms with Gasteiger partial charge in [-0.2, -0.15) is 0 Å². The smallest absolute Gasteiger partial charge is 0.246 e. The summed E-state index contributed by atoms with van der Waals surface area (Å²) in [7, 11) is -3.72. The van der Waals surface area contributed by atoms with Crippen LogP contribution in [-0.2, 0) is 39.0 Å². The Morgan fingerprint density at radius 1 is 0.955 bits per heavy atom. The molecule has 0 heterocycles. The number of nitrogens with two attached hydrogens (primary N) is 1. The van der Waals surface area contributed by atoms with Gasteiger partial charge in [0.05, 0.1) is 5.75 Å². The van der Waals surface area contributed by atoms with Crippen LogP contribution in [0.1, 0.15) is 68.2 Å². The van der Waals surface area contributed by atoms with Crippen LogP contribution in [0.5, 0.6) is 0 Å². The van der Waals surface area contributed by atoms with Crippen LogP contribution in [0.3, 0.4) is 0 Å². The quantitative estimate of drug-likeness (QED) is 0.163. The van der Waals surface area contributed by atoms with Crippen molar-refractivity contribution in [3.8, 4) is 0 Å². The Morgan fingerprint density at radius 2 is 1.57 bits per heavy atom. The number of carbonyl (C=O) groups is 2. The van der Waals surface area contributed by atoms with Crippen molar-refractivity contribution < 1.29 is 18.0 Å². The lowest BCUT2D eigenvalue weighted by Gasteiger charge is -2.39. The van der Waals surface area contributed by atoms with E-state index in [4.69, 9.17) is 11.1 Å². The van der Waals surface area contributed by atoms with E-state index in [9.17, 15) is 18.0 Å². The van der Waals surface area contributed by atoms with E-state index in [1.165, 1.54) is 0 Å². The Morgan fingerprint density at radius 3 is 2.14 bits per heavy atom. The number of carbonyl (C=O) groups excluding carboxylic acids is 2. The predicted molar refractivity (Wildman–Crippen MR) is 174 cm³/mol. The molecule has 0 spiro atoms. The third-order valence-corrected chi connectivity index (χ3v) is 10.5. The number of hydrogen-bond donors (Lipinski definition) is 5. The van der Waals surface area contributed by atoms with Crippen molar-refractivity contribution in [1.29, 1.82) is 5.41 Å². The van der Waals surface area contributed by atoms with E-state index in [-0.39, 0.29) is 48.7 Å². The van der Waals surface area contributed by atoms with E-state index in [1.54, 1.807) is 24.3 Å². The minimum Gasteiger partial charge on any atom is -0.384 e. The molecule has 0 unspecified atom stereocenters. The zero-order valence-electron chi connectivity index (χ0n) is 25.5. The lowest BCUT2D eigenvalue weighted by Crippen LogP contribution is -2.65. The fraction of sp³-hybridized carbons (Fsp3) is 0.441. The van der Waals surface area contributed by atoms with Crippen LogP contribution >= 0.6 is 0 Å². The molecule has 0 aliphatic heterocycles. The summed E-state index contributed by atoms with van der Waals surface area (Å²) in [6.07, 6.45) is 5.48. The van der Waals surface area contributed by atoms with Crippen molar-refractivity contribution in [3.63, 3.8) is 0 Å². The molecule has 0 saturated heterocycles. The first kappa shape index (κ1) is 31.7. The number of nitrogens with one attached hydrogen (secondary N) is 4. The van der Waals surface area contributed by atoms with Crippen molar-refractivity contribution >= 4 is 38.4 Å². The van der Waals surface area contributed by atoms with Crippen LogP contribution in [-0.4, -0.2) is 43.4 Å². The Bertz CT molecular complexity index is 1610. The Kier molecular flexibility index (Phi) is 9.41. The number of amidine groups is 1. The highest BCUT2D eigenvalue weighted by molar-refractivity contribution is 7.89. The molecule has 9 nitrogen and oxygen atoms in total. The molecule has 1 saturated carbocycles. The van der Waals surface area contributed by atoms with Crippen LogP contribution in [0.15, 0.2) is 60.7 Å². The summed E-state index contributed by atoms with van der Waals surface area (Å²) >= 11 is 0. The predicted octanol–water partition coefficient (Wildman–Crippen LogP) is 3.92. The van der Waals surface area contributed by atoms with Crippen molar-refractivity contribution in [3.05, 3.63) is 82.9 Å². The summed E-state index contributed by atoms with van der Waals surface area (Å²) in [5, 5.41) is 15.9. The summed E-state index contributed by atoms with van der Waals surface area (Å²) in [4.78, 5) is 28.2. The highest BCUT2D eigenvalue weighted by Gasteiger charge is 2.45. The summed E-state index contributed by atoms with van der Waals surface area (Å²) in [6, 6.07) is 18.0. The minimum atomic E-state index is -3.72. The monoisotopic (exact) mass is 617 g/mol. The Labute approximate surface area is 259 Å². The van der Waals surface area contributed by atoms with Gasteiger partial charge in [0.1, 0.15) is 17.4 Å². The Hall–Kier alpha value is -3.76. The highest BCUT2D eigenvalue weighted by Crippen LogP contribution is 2.35. The number of sulfonamides is 1. The van der Waals surface area contributed by atoms with E-state index in [0.717, 1.165) is 59.6 Å². The first-order valence-electron chi connectivity index (χ1n) is 15.5. The molecule has 2 aliphatic carbocycles. The second kappa shape index (κ2) is 13.1. The first-order valence-corrected chi connectivity index (χ1v) is 17.1. The van der Waals surface area contributed by atoms with E-state index in [1.807, 2.05) is 50.2 Å². The van der Waals surface area contributed by atoms with E-state index in [0.29, 0.717) is 5.56 Å². The molecule has 0 radical (unpaired) electrons. The van der Waals surface area contributed by atoms with Crippen molar-refractivity contribution in [2.75, 3.05) is 5.75 Å². The van der Waals surface area contributed by atoms with Crippen molar-refractivity contribution in [2.45, 2.75) is 76.9 Å². The van der Waals surface area contributed by atoms with E-state index in [2.05, 4.69) is 15.4 Å². The average Bonchev–Trinajstić information content (AvgIpc) is 2.99. The zero-order valence-corrected chi connectivity index (χ0v) is 26.3. The molecule has 1 atom stereocenters. The van der Waals surface area contributed by atoms with E-state index < -0.39 is 27.5 Å². The van der Waals surface area contributed by atoms with Gasteiger partial charge in [0.25, 0.3) is 0 Å². The summed E-state index contributed by atoms with van der Waals surface area (Å²) in [5.41, 5.74) is 7.55. The van der Waals surface area contributed by atoms with Crippen molar-refractivity contribution in [2.24, 2.45) is 17.6 Å². The lowest BCUT2D eigenvalue weighted by atomic mass is 9.75. The lowest BCUT2D eigenvalue weighted by molar-refractivity contribution is -0.135. The van der Waals surface area contributed by atoms with Crippen LogP contribution in [0.4, 0.5) is 0 Å². The summed E-state index contributed by atoms with van der Waals surface area (Å²) < 4.78 is 29.2. The van der Waals surface area contributed by atoms with Crippen LogP contribution < -0.4 is 21.1 Å². The normalized spacial score (nSPS) is 17.2. The zero-order chi connectivity index (χ0) is 31.5. The van der Waals surface area contributed by atoms with Gasteiger partial charge in [-0.3, -0.25) is 15.0 Å². The third kappa shape index (κ3) is 7.13. The molecular weight excluding hydrogens is 574 g/mol. The topological polar surface area (TPSA) is 154 Å². The molecule has 1 fully saturated rings. The molecule has 2 aliphatic rings. The number of nitrogen functional groups attached to an aromatic ring is 1. The third-order valence-electron chi connectivity index (χ3n) is 9.01. The summed E-state index contributed by atoms with van der Waals surface area (Å²) in [5.74, 6) is -1.14. The maximum atomic E-state index is 14.2. The standard InChI is InChI=1S/C34H43N5O4S/c1-22(2)30(39-44(42,43)21-24-8-4-3-5-9-24)32(40)38-34(33(41)37-20-23-14-16-26(17-15-23)31(35)36)18-27-12-6-10-25-11-7-13-28(19-34)29(25)27/h6-7,10-17,22,24,30,39H,3-5,8-9,18-21H2,1-2H3,(H3,35,36)(H,37,41)(H,38,40)/t30-/m1/s1. The molecule has 0 aromatic heterocycles. The Balaban J connectivity index is 1.41. The van der Waals surface area contributed by atoms with Gasteiger partial charge in [0.2, 0.25) is 21.8 Å². The number of rotatable bonds is 11. The summed E-state index contributed by atoms with van der Waals surface area (Å²) in [6.45, 7) is 3.82. The van der Waals surface area contributed by atoms with Gasteiger partial charge in [-0.1, -0.05) is 93.8 Å². The SMILES string of the molecule is CC(C)[C@@H](NS(=O)(=O)CC1CCCCC1)C(=O)NC1(C(=O)NCc2ccc(C(=N)N)cc2)Cc2cccc3cccc(c23)C1. The molecule has 10 heteroatoms. The second-order valence-corrected chi connectivity index (χ2v) is 14.6. The molecular formula is C34H43N5O4S. The van der Waals surface area contributed by atoms with Gasteiger partial charge in [0.15, 0.2) is 0 Å². The van der Waals surface area contributed by atoms with Gasteiger partial charge in [0, 0.05) is 24.9 Å². The second-order valence-electron chi connectivity index (χ2n) is 12.8. The largest absolute Gasteiger partial charge is 0.384 e. The molecule has 6 N–H and O–H groups in total. The van der Waals surface area contributed by atoms with E-state index >= 15 is 0 Å². The molecule has 234 valence electrons. The maximum Gasteiger partial charge on any atom is 0.246 e. The molecule has 3 aromatic rings. The van der Waals surface area contributed by atoms with Gasteiger partial charge in [-0.05, 0) is 52.1 Å². The van der Waals surface area contributed by atoms with Gasteiger partial charge >= 0.3 is 0 Å². The van der Waals surface area contributed by atoms with Gasteiger partial charge in [-0.25, -0.2) is 13.1 Å². The molecule has 2 amide bonds. The minimum absolute atomic E-state index is 0.00687. The molecule has 0 bridgehead atoms. The van der Waals surface area contributed by atoms with Crippen LogP contribution in [0.25, 0.3) is 10.8 Å². The maximum absolute atomic E-state index is 14.2. The average molecular weight is 618 g/mol. The molecule has 44 heavy (non-hydrogen) atoms. The number of benzene rings is 3. The molecule has 3 aromatic carbocycles. The van der Waals surface area contributed by atoms with Crippen LogP contribution in [0.2, 0.25) is 0 Å². The molecule has 5 rings (SSSR count).